The van der Waals surface area contributed by atoms with Crippen LogP contribution >= 0.6 is 0 Å². The van der Waals surface area contributed by atoms with Crippen LogP contribution in [0.5, 0.6) is 0 Å². The fourth-order valence-corrected chi connectivity index (χ4v) is 2.93. The van der Waals surface area contributed by atoms with Gasteiger partial charge in [0.2, 0.25) is 0 Å². The number of fused-ring (bicyclic) bond motifs is 3. The van der Waals surface area contributed by atoms with Crippen molar-refractivity contribution in [2.45, 2.75) is 25.3 Å². The second-order valence-corrected chi connectivity index (χ2v) is 4.50. The maximum atomic E-state index is 11.6. The van der Waals surface area contributed by atoms with E-state index in [1.165, 1.54) is 14.2 Å². The van der Waals surface area contributed by atoms with E-state index in [0.29, 0.717) is 12.5 Å². The number of carbonyl (C=O) groups excluding carboxylic acids is 2. The Morgan fingerprint density at radius 1 is 1.19 bits per heavy atom. The van der Waals surface area contributed by atoms with E-state index < -0.39 is 0 Å². The fraction of sp³-hybridized carbons (Fsp3) is 0.818. The van der Waals surface area contributed by atoms with E-state index in [2.05, 4.69) is 0 Å². The van der Waals surface area contributed by atoms with E-state index in [1.54, 1.807) is 4.90 Å². The van der Waals surface area contributed by atoms with Crippen molar-refractivity contribution in [3.63, 3.8) is 0 Å². The van der Waals surface area contributed by atoms with Crippen molar-refractivity contribution in [2.75, 3.05) is 20.8 Å². The van der Waals surface area contributed by atoms with Gasteiger partial charge in [0.05, 0.1) is 20.1 Å². The number of hydrogen-bond acceptors (Lipinski definition) is 4. The van der Waals surface area contributed by atoms with Crippen LogP contribution in [0.2, 0.25) is 0 Å². The molecular formula is C11H17NO4. The number of nitrogens with zero attached hydrogens (tertiary/aromatic N) is 1. The summed E-state index contributed by atoms with van der Waals surface area (Å²) in [5.41, 5.74) is 0. The van der Waals surface area contributed by atoms with Gasteiger partial charge >= 0.3 is 12.1 Å². The molecule has 1 saturated carbocycles. The third kappa shape index (κ3) is 1.74. The topological polar surface area (TPSA) is 55.8 Å². The average Bonchev–Trinajstić information content (AvgIpc) is 2.37. The van der Waals surface area contributed by atoms with Gasteiger partial charge in [0, 0.05) is 12.6 Å². The summed E-state index contributed by atoms with van der Waals surface area (Å²) in [6, 6.07) is -0.0371. The molecule has 0 N–H and O–H groups in total. The van der Waals surface area contributed by atoms with Crippen LogP contribution in [0.3, 0.4) is 0 Å². The molecule has 0 spiro atoms. The van der Waals surface area contributed by atoms with Crippen molar-refractivity contribution in [2.24, 2.45) is 11.8 Å². The van der Waals surface area contributed by atoms with Crippen molar-refractivity contribution >= 4 is 12.1 Å². The van der Waals surface area contributed by atoms with Gasteiger partial charge in [0.25, 0.3) is 0 Å². The highest BCUT2D eigenvalue weighted by molar-refractivity contribution is 5.76. The highest BCUT2D eigenvalue weighted by Gasteiger charge is 2.46. The molecule has 0 aromatic heterocycles. The highest BCUT2D eigenvalue weighted by Crippen LogP contribution is 2.39. The van der Waals surface area contributed by atoms with E-state index >= 15 is 0 Å². The zero-order valence-electron chi connectivity index (χ0n) is 9.64. The normalized spacial score (nSPS) is 32.4. The molecule has 3 unspecified atom stereocenters. The maximum Gasteiger partial charge on any atom is 0.409 e. The first-order valence-corrected chi connectivity index (χ1v) is 5.59. The fourth-order valence-electron chi connectivity index (χ4n) is 2.93. The number of piperidine rings is 2. The predicted octanol–water partition coefficient (Wildman–Crippen LogP) is 1.03. The molecule has 0 radical (unpaired) electrons. The van der Waals surface area contributed by atoms with Crippen molar-refractivity contribution < 1.29 is 19.1 Å². The molecule has 0 aromatic rings. The average molecular weight is 227 g/mol. The number of carbonyl (C=O) groups is 2. The summed E-state index contributed by atoms with van der Waals surface area (Å²) in [6.45, 7) is 0.713. The third-order valence-electron chi connectivity index (χ3n) is 3.69. The number of hydrogen-bond donors (Lipinski definition) is 0. The van der Waals surface area contributed by atoms with Crippen LogP contribution in [0.15, 0.2) is 0 Å². The van der Waals surface area contributed by atoms with Gasteiger partial charge in [-0.2, -0.15) is 0 Å². The minimum atomic E-state index is -0.330. The van der Waals surface area contributed by atoms with Crippen LogP contribution in [0.4, 0.5) is 4.79 Å². The zero-order chi connectivity index (χ0) is 11.7. The summed E-state index contributed by atoms with van der Waals surface area (Å²) < 4.78 is 9.53. The lowest BCUT2D eigenvalue weighted by molar-refractivity contribution is -0.152. The van der Waals surface area contributed by atoms with Gasteiger partial charge in [-0.3, -0.25) is 4.79 Å². The first-order chi connectivity index (χ1) is 7.67. The molecule has 3 rings (SSSR count). The van der Waals surface area contributed by atoms with Crippen LogP contribution in [-0.2, 0) is 14.3 Å². The van der Waals surface area contributed by atoms with Gasteiger partial charge in [-0.05, 0) is 25.2 Å². The zero-order valence-corrected chi connectivity index (χ0v) is 9.64. The Labute approximate surface area is 94.7 Å². The van der Waals surface area contributed by atoms with Gasteiger partial charge in [0.15, 0.2) is 0 Å². The molecule has 3 atom stereocenters. The molecule has 2 heterocycles. The maximum absolute atomic E-state index is 11.6. The standard InChI is InChI=1S/C11H17NO4/c1-15-10(13)8-5-7-3-4-9(8)12(6-7)11(14)16-2/h7-9H,3-6H2,1-2H3. The van der Waals surface area contributed by atoms with Crippen molar-refractivity contribution in [1.82, 2.24) is 4.90 Å². The Morgan fingerprint density at radius 2 is 1.94 bits per heavy atom. The molecule has 3 fully saturated rings. The lowest BCUT2D eigenvalue weighted by atomic mass is 9.73. The van der Waals surface area contributed by atoms with Crippen LogP contribution in [0.1, 0.15) is 19.3 Å². The van der Waals surface area contributed by atoms with E-state index in [-0.39, 0.29) is 24.0 Å². The number of esters is 1. The molecule has 3 aliphatic rings. The van der Waals surface area contributed by atoms with Crippen molar-refractivity contribution in [3.8, 4) is 0 Å². The number of methoxy groups -OCH3 is 2. The molecule has 1 aliphatic carbocycles. The second-order valence-electron chi connectivity index (χ2n) is 4.50. The summed E-state index contributed by atoms with van der Waals surface area (Å²) in [6.07, 6.45) is 2.47. The van der Waals surface area contributed by atoms with Crippen molar-refractivity contribution in [1.29, 1.82) is 0 Å². The van der Waals surface area contributed by atoms with Gasteiger partial charge < -0.3 is 14.4 Å². The Kier molecular flexibility index (Phi) is 3.03. The molecule has 1 amide bonds. The first-order valence-electron chi connectivity index (χ1n) is 5.59. The number of ether oxygens (including phenoxy) is 2. The van der Waals surface area contributed by atoms with Crippen LogP contribution in [-0.4, -0.2) is 43.8 Å². The van der Waals surface area contributed by atoms with E-state index in [9.17, 15) is 9.59 Å². The van der Waals surface area contributed by atoms with Gasteiger partial charge in [0.1, 0.15) is 0 Å². The quantitative estimate of drug-likeness (QED) is 0.628. The van der Waals surface area contributed by atoms with Gasteiger partial charge in [-0.1, -0.05) is 0 Å². The summed E-state index contributed by atoms with van der Waals surface area (Å²) in [4.78, 5) is 24.9. The summed E-state index contributed by atoms with van der Waals surface area (Å²) in [5, 5.41) is 0. The minimum absolute atomic E-state index is 0.0371. The monoisotopic (exact) mass is 227 g/mol. The largest absolute Gasteiger partial charge is 0.469 e. The van der Waals surface area contributed by atoms with Crippen molar-refractivity contribution in [3.05, 3.63) is 0 Å². The SMILES string of the molecule is COC(=O)C1CC2CCC1N(C(=O)OC)C2. The first kappa shape index (κ1) is 11.2. The minimum Gasteiger partial charge on any atom is -0.469 e. The lowest BCUT2D eigenvalue weighted by Gasteiger charge is -2.47. The third-order valence-corrected chi connectivity index (χ3v) is 3.69. The van der Waals surface area contributed by atoms with E-state index in [1.807, 2.05) is 0 Å². The molecule has 0 aromatic carbocycles. The molecule has 90 valence electrons. The van der Waals surface area contributed by atoms with E-state index in [0.717, 1.165) is 19.3 Å². The van der Waals surface area contributed by atoms with Crippen LogP contribution in [0, 0.1) is 11.8 Å². The molecule has 2 saturated heterocycles. The molecule has 2 bridgehead atoms. The summed E-state index contributed by atoms with van der Waals surface area (Å²) in [7, 11) is 2.77. The van der Waals surface area contributed by atoms with Crippen LogP contribution < -0.4 is 0 Å². The Bertz CT molecular complexity index is 278. The van der Waals surface area contributed by atoms with Gasteiger partial charge in [-0.15, -0.1) is 0 Å². The smallest absolute Gasteiger partial charge is 0.409 e. The van der Waals surface area contributed by atoms with E-state index in [4.69, 9.17) is 9.47 Å². The number of rotatable bonds is 1. The Morgan fingerprint density at radius 3 is 2.50 bits per heavy atom. The molecule has 5 heteroatoms. The summed E-state index contributed by atoms with van der Waals surface area (Å²) >= 11 is 0. The highest BCUT2D eigenvalue weighted by atomic mass is 16.5. The Balaban J connectivity index is 2.14. The summed E-state index contributed by atoms with van der Waals surface area (Å²) in [5.74, 6) is 0.0353. The predicted molar refractivity (Wildman–Crippen MR) is 55.7 cm³/mol. The second kappa shape index (κ2) is 4.31. The molecule has 2 aliphatic heterocycles. The van der Waals surface area contributed by atoms with Gasteiger partial charge in [-0.25, -0.2) is 4.79 Å². The van der Waals surface area contributed by atoms with Crippen LogP contribution in [0.25, 0.3) is 0 Å². The molecule has 16 heavy (non-hydrogen) atoms. The molecule has 5 nitrogen and oxygen atoms in total. The Hall–Kier alpha value is -1.26. The lowest BCUT2D eigenvalue weighted by Crippen LogP contribution is -2.57. The molecular weight excluding hydrogens is 210 g/mol. The number of amides is 1.